The number of ether oxygens (including phenoxy) is 1. The molecule has 2 aliphatic rings. The van der Waals surface area contributed by atoms with Gasteiger partial charge < -0.3 is 9.64 Å². The molecule has 3 unspecified atom stereocenters. The van der Waals surface area contributed by atoms with Crippen molar-refractivity contribution < 1.29 is 17.9 Å². The summed E-state index contributed by atoms with van der Waals surface area (Å²) in [4.78, 5) is 14.2. The highest BCUT2D eigenvalue weighted by Crippen LogP contribution is 2.28. The number of aryl methyl sites for hydroxylation is 1. The number of hydrazine groups is 1. The lowest BCUT2D eigenvalue weighted by molar-refractivity contribution is -0.145. The average Bonchev–Trinajstić information content (AvgIpc) is 3.05. The summed E-state index contributed by atoms with van der Waals surface area (Å²) in [5.74, 6) is -1.34. The fourth-order valence-electron chi connectivity index (χ4n) is 3.65. The number of rotatable bonds is 4. The first-order valence-electron chi connectivity index (χ1n) is 8.84. The maximum atomic E-state index is 13.1. The zero-order valence-electron chi connectivity index (χ0n) is 15.6. The van der Waals surface area contributed by atoms with E-state index in [9.17, 15) is 13.2 Å². The zero-order chi connectivity index (χ0) is 19.8. The summed E-state index contributed by atoms with van der Waals surface area (Å²) in [5.41, 5.74) is 7.71. The lowest BCUT2D eigenvalue weighted by Crippen LogP contribution is -2.55. The maximum Gasteiger partial charge on any atom is 0.313 e. The standard InChI is InChI=1S/C17H25ClN4O4S/c1-11-4-5-13(18)10-14(11)21-6-8-22(9-7-21)27(24,25)16-15(17(23)26-3)12(2)19-20-16/h4-5,10,12,15-16,19-20H,6-9H2,1-3H3. The number of halogens is 1. The number of carbonyl (C=O) groups is 1. The molecule has 0 spiro atoms. The minimum atomic E-state index is -3.72. The second-order valence-corrected chi connectivity index (χ2v) is 9.40. The number of hydrogen-bond acceptors (Lipinski definition) is 7. The number of anilines is 1. The largest absolute Gasteiger partial charge is 0.469 e. The minimum Gasteiger partial charge on any atom is -0.469 e. The normalized spacial score (nSPS) is 27.0. The highest BCUT2D eigenvalue weighted by molar-refractivity contribution is 7.89. The van der Waals surface area contributed by atoms with Gasteiger partial charge in [-0.2, -0.15) is 4.31 Å². The highest BCUT2D eigenvalue weighted by atomic mass is 35.5. The van der Waals surface area contributed by atoms with Crippen molar-refractivity contribution in [3.05, 3.63) is 28.8 Å². The number of benzene rings is 1. The molecule has 8 nitrogen and oxygen atoms in total. The van der Waals surface area contributed by atoms with Gasteiger partial charge in [-0.05, 0) is 31.5 Å². The van der Waals surface area contributed by atoms with Crippen molar-refractivity contribution in [2.24, 2.45) is 5.92 Å². The molecule has 0 aromatic heterocycles. The van der Waals surface area contributed by atoms with Crippen molar-refractivity contribution in [2.75, 3.05) is 38.2 Å². The van der Waals surface area contributed by atoms with Gasteiger partial charge in [-0.1, -0.05) is 17.7 Å². The molecular formula is C17H25ClN4O4S. The summed E-state index contributed by atoms with van der Waals surface area (Å²) in [6.45, 7) is 5.55. The van der Waals surface area contributed by atoms with Crippen LogP contribution in [-0.4, -0.2) is 63.4 Å². The van der Waals surface area contributed by atoms with Crippen molar-refractivity contribution in [1.29, 1.82) is 0 Å². The van der Waals surface area contributed by atoms with E-state index in [2.05, 4.69) is 15.8 Å². The van der Waals surface area contributed by atoms with Crippen molar-refractivity contribution in [3.63, 3.8) is 0 Å². The number of hydrogen-bond donors (Lipinski definition) is 2. The van der Waals surface area contributed by atoms with Crippen LogP contribution < -0.4 is 15.8 Å². The molecule has 1 aromatic carbocycles. The molecule has 0 saturated carbocycles. The molecule has 3 atom stereocenters. The molecule has 2 heterocycles. The summed E-state index contributed by atoms with van der Waals surface area (Å²) in [5, 5.41) is -0.388. The van der Waals surface area contributed by atoms with E-state index >= 15 is 0 Å². The molecule has 0 bridgehead atoms. The number of sulfonamides is 1. The second-order valence-electron chi connectivity index (χ2n) is 6.91. The SMILES string of the molecule is COC(=O)C1C(C)NNC1S(=O)(=O)N1CCN(c2cc(Cl)ccc2C)CC1. The monoisotopic (exact) mass is 416 g/mol. The van der Waals surface area contributed by atoms with Crippen molar-refractivity contribution >= 4 is 33.3 Å². The first kappa shape index (κ1) is 20.3. The Morgan fingerprint density at radius 1 is 1.22 bits per heavy atom. The number of piperazine rings is 1. The molecule has 0 radical (unpaired) electrons. The third-order valence-corrected chi connectivity index (χ3v) is 7.60. The lowest BCUT2D eigenvalue weighted by Gasteiger charge is -2.37. The van der Waals surface area contributed by atoms with E-state index in [1.807, 2.05) is 25.1 Å². The molecular weight excluding hydrogens is 392 g/mol. The topological polar surface area (TPSA) is 91.0 Å². The van der Waals surface area contributed by atoms with E-state index in [0.29, 0.717) is 31.2 Å². The van der Waals surface area contributed by atoms with Crippen molar-refractivity contribution in [2.45, 2.75) is 25.3 Å². The zero-order valence-corrected chi connectivity index (χ0v) is 17.2. The van der Waals surface area contributed by atoms with Gasteiger partial charge in [0.05, 0.1) is 7.11 Å². The predicted molar refractivity (Wildman–Crippen MR) is 104 cm³/mol. The van der Waals surface area contributed by atoms with Gasteiger partial charge in [-0.3, -0.25) is 10.2 Å². The average molecular weight is 417 g/mol. The Labute approximate surface area is 164 Å². The van der Waals surface area contributed by atoms with E-state index in [1.165, 1.54) is 11.4 Å². The molecule has 2 aliphatic heterocycles. The molecule has 150 valence electrons. The summed E-state index contributed by atoms with van der Waals surface area (Å²) in [6, 6.07) is 5.36. The first-order valence-corrected chi connectivity index (χ1v) is 10.7. The van der Waals surface area contributed by atoms with Gasteiger partial charge in [0.15, 0.2) is 5.37 Å². The van der Waals surface area contributed by atoms with Crippen LogP contribution in [0.3, 0.4) is 0 Å². The van der Waals surface area contributed by atoms with Gasteiger partial charge in [0, 0.05) is 42.9 Å². The minimum absolute atomic E-state index is 0.340. The quantitative estimate of drug-likeness (QED) is 0.698. The van der Waals surface area contributed by atoms with Crippen LogP contribution in [0, 0.1) is 12.8 Å². The summed E-state index contributed by atoms with van der Waals surface area (Å²) in [7, 11) is -2.45. The van der Waals surface area contributed by atoms with E-state index in [1.54, 1.807) is 6.92 Å². The first-order chi connectivity index (χ1) is 12.8. The lowest BCUT2D eigenvalue weighted by atomic mass is 10.0. The highest BCUT2D eigenvalue weighted by Gasteiger charge is 2.49. The molecule has 27 heavy (non-hydrogen) atoms. The Morgan fingerprint density at radius 3 is 2.52 bits per heavy atom. The van der Waals surface area contributed by atoms with Crippen molar-refractivity contribution in [3.8, 4) is 0 Å². The van der Waals surface area contributed by atoms with Crippen LogP contribution in [0.2, 0.25) is 5.02 Å². The second kappa shape index (κ2) is 7.92. The third-order valence-electron chi connectivity index (χ3n) is 5.22. The van der Waals surface area contributed by atoms with Crippen LogP contribution in [-0.2, 0) is 19.6 Å². The molecule has 2 N–H and O–H groups in total. The Balaban J connectivity index is 1.73. The van der Waals surface area contributed by atoms with Gasteiger partial charge in [0.1, 0.15) is 5.92 Å². The molecule has 2 saturated heterocycles. The molecule has 0 aliphatic carbocycles. The summed E-state index contributed by atoms with van der Waals surface area (Å²) < 4.78 is 32.4. The van der Waals surface area contributed by atoms with Crippen molar-refractivity contribution in [1.82, 2.24) is 15.2 Å². The number of carbonyl (C=O) groups excluding carboxylic acids is 1. The fraction of sp³-hybridized carbons (Fsp3) is 0.588. The Morgan fingerprint density at radius 2 is 1.89 bits per heavy atom. The van der Waals surface area contributed by atoms with E-state index in [-0.39, 0.29) is 6.04 Å². The maximum absolute atomic E-state index is 13.1. The molecule has 0 amide bonds. The van der Waals surface area contributed by atoms with Crippen LogP contribution in [0.15, 0.2) is 18.2 Å². The van der Waals surface area contributed by atoms with Gasteiger partial charge in [0.2, 0.25) is 10.0 Å². The Hall–Kier alpha value is -1.39. The molecule has 10 heteroatoms. The van der Waals surface area contributed by atoms with Crippen LogP contribution in [0.25, 0.3) is 0 Å². The number of nitrogens with zero attached hydrogens (tertiary/aromatic N) is 2. The van der Waals surface area contributed by atoms with Crippen LogP contribution in [0.1, 0.15) is 12.5 Å². The Bertz CT molecular complexity index is 811. The van der Waals surface area contributed by atoms with E-state index < -0.39 is 27.3 Å². The smallest absolute Gasteiger partial charge is 0.313 e. The predicted octanol–water partition coefficient (Wildman–Crippen LogP) is 0.712. The van der Waals surface area contributed by atoms with Crippen LogP contribution >= 0.6 is 11.6 Å². The van der Waals surface area contributed by atoms with Gasteiger partial charge in [-0.15, -0.1) is 0 Å². The van der Waals surface area contributed by atoms with Gasteiger partial charge in [-0.25, -0.2) is 13.8 Å². The Kier molecular flexibility index (Phi) is 5.97. The number of methoxy groups -OCH3 is 1. The van der Waals surface area contributed by atoms with Gasteiger partial charge in [0.25, 0.3) is 0 Å². The van der Waals surface area contributed by atoms with Gasteiger partial charge >= 0.3 is 5.97 Å². The molecule has 1 aromatic rings. The van der Waals surface area contributed by atoms with E-state index in [0.717, 1.165) is 11.3 Å². The molecule has 3 rings (SSSR count). The summed E-state index contributed by atoms with van der Waals surface area (Å²) in [6.07, 6.45) is 0. The van der Waals surface area contributed by atoms with Crippen LogP contribution in [0.5, 0.6) is 0 Å². The summed E-state index contributed by atoms with van der Waals surface area (Å²) >= 11 is 6.10. The molecule has 2 fully saturated rings. The van der Waals surface area contributed by atoms with Crippen LogP contribution in [0.4, 0.5) is 5.69 Å². The third kappa shape index (κ3) is 3.93. The van der Waals surface area contributed by atoms with E-state index in [4.69, 9.17) is 16.3 Å². The number of nitrogens with one attached hydrogen (secondary N) is 2. The fourth-order valence-corrected chi connectivity index (χ4v) is 5.74. The number of esters is 1.